The van der Waals surface area contributed by atoms with Gasteiger partial charge in [-0.25, -0.2) is 16.8 Å². The molecular formula is C14H27NO4S2. The Morgan fingerprint density at radius 1 is 1.10 bits per heavy atom. The van der Waals surface area contributed by atoms with Crippen LogP contribution in [0.2, 0.25) is 0 Å². The molecule has 1 N–H and O–H groups in total. The zero-order chi connectivity index (χ0) is 15.7. The summed E-state index contributed by atoms with van der Waals surface area (Å²) in [5.41, 5.74) is 0. The van der Waals surface area contributed by atoms with Gasteiger partial charge in [0.2, 0.25) is 0 Å². The van der Waals surface area contributed by atoms with Gasteiger partial charge >= 0.3 is 0 Å². The van der Waals surface area contributed by atoms with Gasteiger partial charge in [-0.1, -0.05) is 12.8 Å². The Morgan fingerprint density at radius 2 is 1.81 bits per heavy atom. The van der Waals surface area contributed by atoms with Gasteiger partial charge in [-0.2, -0.15) is 0 Å². The Labute approximate surface area is 128 Å². The van der Waals surface area contributed by atoms with Gasteiger partial charge in [-0.15, -0.1) is 0 Å². The lowest BCUT2D eigenvalue weighted by Crippen LogP contribution is -2.51. The highest BCUT2D eigenvalue weighted by Gasteiger charge is 2.41. The highest BCUT2D eigenvalue weighted by molar-refractivity contribution is 7.92. The van der Waals surface area contributed by atoms with E-state index in [2.05, 4.69) is 5.32 Å². The summed E-state index contributed by atoms with van der Waals surface area (Å²) in [5, 5.41) is 2.54. The molecule has 1 aliphatic carbocycles. The van der Waals surface area contributed by atoms with Gasteiger partial charge in [0.05, 0.1) is 16.3 Å². The molecule has 2 fully saturated rings. The van der Waals surface area contributed by atoms with Crippen molar-refractivity contribution in [3.8, 4) is 0 Å². The summed E-state index contributed by atoms with van der Waals surface area (Å²) in [6, 6.07) is -0.111. The molecule has 1 saturated heterocycles. The number of nitrogens with one attached hydrogen (secondary N) is 1. The van der Waals surface area contributed by atoms with Crippen molar-refractivity contribution < 1.29 is 16.8 Å². The molecule has 0 radical (unpaired) electrons. The molecule has 7 heteroatoms. The van der Waals surface area contributed by atoms with Crippen molar-refractivity contribution in [3.05, 3.63) is 0 Å². The standard InChI is InChI=1S/C14H27NO4S2/c1-15-14(13-8-3-4-9-21(13,18)19)11-6-5-7-12(10-11)20(2,16)17/h11-15H,3-10H2,1-2H3. The van der Waals surface area contributed by atoms with Crippen molar-refractivity contribution in [1.82, 2.24) is 5.32 Å². The monoisotopic (exact) mass is 337 g/mol. The SMILES string of the molecule is CNC(C1CCCC(S(C)(=O)=O)C1)C1CCCCS1(=O)=O. The van der Waals surface area contributed by atoms with Crippen molar-refractivity contribution in [2.45, 2.75) is 61.5 Å². The highest BCUT2D eigenvalue weighted by atomic mass is 32.2. The van der Waals surface area contributed by atoms with Crippen LogP contribution in [0.1, 0.15) is 44.9 Å². The molecule has 1 saturated carbocycles. The minimum Gasteiger partial charge on any atom is -0.315 e. The molecule has 2 aliphatic rings. The second-order valence-corrected chi connectivity index (χ2v) is 11.3. The Balaban J connectivity index is 2.17. The van der Waals surface area contributed by atoms with E-state index < -0.39 is 19.7 Å². The summed E-state index contributed by atoms with van der Waals surface area (Å²) in [5.74, 6) is 0.416. The van der Waals surface area contributed by atoms with E-state index in [1.54, 1.807) is 7.05 Å². The summed E-state index contributed by atoms with van der Waals surface area (Å²) in [7, 11) is -4.28. The predicted octanol–water partition coefficient (Wildman–Crippen LogP) is 1.15. The maximum atomic E-state index is 12.3. The minimum absolute atomic E-state index is 0.111. The van der Waals surface area contributed by atoms with E-state index in [0.717, 1.165) is 25.7 Å². The highest BCUT2D eigenvalue weighted by Crippen LogP contribution is 2.35. The third-order valence-electron chi connectivity index (χ3n) is 5.14. The van der Waals surface area contributed by atoms with Gasteiger partial charge in [0, 0.05) is 12.3 Å². The Hall–Kier alpha value is -0.140. The van der Waals surface area contributed by atoms with Crippen LogP contribution < -0.4 is 5.32 Å². The van der Waals surface area contributed by atoms with Gasteiger partial charge in [-0.05, 0) is 45.1 Å². The van der Waals surface area contributed by atoms with Crippen molar-refractivity contribution in [3.63, 3.8) is 0 Å². The Morgan fingerprint density at radius 3 is 2.38 bits per heavy atom. The Bertz CT molecular complexity index is 556. The molecule has 124 valence electrons. The number of sulfone groups is 2. The fourth-order valence-corrected chi connectivity index (χ4v) is 7.44. The van der Waals surface area contributed by atoms with Crippen molar-refractivity contribution in [2.24, 2.45) is 5.92 Å². The lowest BCUT2D eigenvalue weighted by molar-refractivity contribution is 0.263. The van der Waals surface area contributed by atoms with Crippen LogP contribution in [0.4, 0.5) is 0 Å². The molecule has 2 rings (SSSR count). The summed E-state index contributed by atoms with van der Waals surface area (Å²) in [6.45, 7) is 0. The number of hydrogen-bond acceptors (Lipinski definition) is 5. The first kappa shape index (κ1) is 17.2. The molecule has 1 aliphatic heterocycles. The quantitative estimate of drug-likeness (QED) is 0.832. The van der Waals surface area contributed by atoms with Crippen LogP contribution in [0.15, 0.2) is 0 Å². The lowest BCUT2D eigenvalue weighted by Gasteiger charge is -2.39. The van der Waals surface area contributed by atoms with Gasteiger partial charge in [0.1, 0.15) is 9.84 Å². The molecule has 5 nitrogen and oxygen atoms in total. The number of rotatable bonds is 4. The van der Waals surface area contributed by atoms with Crippen molar-refractivity contribution >= 4 is 19.7 Å². The lowest BCUT2D eigenvalue weighted by atomic mass is 9.81. The van der Waals surface area contributed by atoms with Gasteiger partial charge in [-0.3, -0.25) is 0 Å². The fourth-order valence-electron chi connectivity index (χ4n) is 4.00. The molecule has 0 bridgehead atoms. The maximum absolute atomic E-state index is 12.3. The molecule has 0 aromatic rings. The van der Waals surface area contributed by atoms with Crippen molar-refractivity contribution in [1.29, 1.82) is 0 Å². The minimum atomic E-state index is -3.05. The van der Waals surface area contributed by atoms with E-state index in [4.69, 9.17) is 0 Å². The third kappa shape index (κ3) is 3.99. The molecule has 0 amide bonds. The van der Waals surface area contributed by atoms with E-state index >= 15 is 0 Å². The van der Waals surface area contributed by atoms with Gasteiger partial charge in [0.25, 0.3) is 0 Å². The van der Waals surface area contributed by atoms with Crippen LogP contribution in [0, 0.1) is 5.92 Å². The average Bonchev–Trinajstić information content (AvgIpc) is 2.41. The van der Waals surface area contributed by atoms with Crippen LogP contribution in [0.3, 0.4) is 0 Å². The fraction of sp³-hybridized carbons (Fsp3) is 1.00. The van der Waals surface area contributed by atoms with Crippen LogP contribution in [-0.2, 0) is 19.7 Å². The summed E-state index contributed by atoms with van der Waals surface area (Å²) < 4.78 is 48.3. The van der Waals surface area contributed by atoms with E-state index in [1.165, 1.54) is 6.26 Å². The van der Waals surface area contributed by atoms with Crippen LogP contribution in [-0.4, -0.2) is 52.4 Å². The normalized spacial score (nSPS) is 35.2. The van der Waals surface area contributed by atoms with E-state index in [1.807, 2.05) is 0 Å². The first-order chi connectivity index (χ1) is 9.75. The van der Waals surface area contributed by atoms with Crippen LogP contribution >= 0.6 is 0 Å². The van der Waals surface area contributed by atoms with E-state index in [0.29, 0.717) is 19.3 Å². The van der Waals surface area contributed by atoms with Gasteiger partial charge in [0.15, 0.2) is 9.84 Å². The Kier molecular flexibility index (Phi) is 5.36. The summed E-state index contributed by atoms with van der Waals surface area (Å²) in [6.07, 6.45) is 6.80. The van der Waals surface area contributed by atoms with Crippen molar-refractivity contribution in [2.75, 3.05) is 19.1 Å². The zero-order valence-corrected chi connectivity index (χ0v) is 14.5. The molecule has 21 heavy (non-hydrogen) atoms. The summed E-state index contributed by atoms with van der Waals surface area (Å²) in [4.78, 5) is 0. The van der Waals surface area contributed by atoms with E-state index in [9.17, 15) is 16.8 Å². The van der Waals surface area contributed by atoms with Gasteiger partial charge < -0.3 is 5.32 Å². The predicted molar refractivity (Wildman–Crippen MR) is 84.9 cm³/mol. The molecule has 4 atom stereocenters. The zero-order valence-electron chi connectivity index (χ0n) is 12.9. The van der Waals surface area contributed by atoms with E-state index in [-0.39, 0.29) is 28.2 Å². The largest absolute Gasteiger partial charge is 0.315 e. The van der Waals surface area contributed by atoms with Crippen LogP contribution in [0.25, 0.3) is 0 Å². The molecule has 0 aromatic carbocycles. The number of hydrogen-bond donors (Lipinski definition) is 1. The van der Waals surface area contributed by atoms with Crippen LogP contribution in [0.5, 0.6) is 0 Å². The average molecular weight is 338 g/mol. The first-order valence-corrected chi connectivity index (χ1v) is 11.5. The molecule has 0 aromatic heterocycles. The third-order valence-corrected chi connectivity index (χ3v) is 9.09. The second-order valence-electron chi connectivity index (χ2n) is 6.59. The molecular weight excluding hydrogens is 310 g/mol. The summed E-state index contributed by atoms with van der Waals surface area (Å²) >= 11 is 0. The molecule has 4 unspecified atom stereocenters. The topological polar surface area (TPSA) is 80.3 Å². The molecule has 0 spiro atoms. The molecule has 1 heterocycles. The first-order valence-electron chi connectivity index (χ1n) is 7.83. The smallest absolute Gasteiger partial charge is 0.154 e. The second kappa shape index (κ2) is 6.54. The maximum Gasteiger partial charge on any atom is 0.154 e.